The maximum atomic E-state index is 14.0. The number of benzene rings is 3. The number of carbonyl (C=O) groups is 2. The fourth-order valence-corrected chi connectivity index (χ4v) is 5.93. The zero-order chi connectivity index (χ0) is 31.8. The molecular formula is C32H38F3N3O4S. The van der Waals surface area contributed by atoms with E-state index in [2.05, 4.69) is 5.32 Å². The lowest BCUT2D eigenvalue weighted by molar-refractivity contribution is -0.139. The molecule has 232 valence electrons. The lowest BCUT2D eigenvalue weighted by Gasteiger charge is -2.33. The zero-order valence-corrected chi connectivity index (χ0v) is 25.6. The molecule has 0 aliphatic rings. The summed E-state index contributed by atoms with van der Waals surface area (Å²) in [5, 5.41) is 2.85. The van der Waals surface area contributed by atoms with Gasteiger partial charge in [-0.15, -0.1) is 0 Å². The van der Waals surface area contributed by atoms with E-state index in [0.29, 0.717) is 23.3 Å². The van der Waals surface area contributed by atoms with E-state index in [-0.39, 0.29) is 35.4 Å². The Morgan fingerprint density at radius 2 is 1.58 bits per heavy atom. The van der Waals surface area contributed by atoms with E-state index in [0.717, 1.165) is 23.3 Å². The Balaban J connectivity index is 2.06. The van der Waals surface area contributed by atoms with Crippen molar-refractivity contribution in [3.63, 3.8) is 0 Å². The van der Waals surface area contributed by atoms with Crippen LogP contribution in [0.1, 0.15) is 43.9 Å². The Morgan fingerprint density at radius 3 is 2.16 bits per heavy atom. The summed E-state index contributed by atoms with van der Waals surface area (Å²) in [5.74, 6) is -0.939. The lowest BCUT2D eigenvalue weighted by atomic mass is 10.1. The first-order chi connectivity index (χ1) is 20.2. The topological polar surface area (TPSA) is 86.8 Å². The minimum atomic E-state index is -4.73. The monoisotopic (exact) mass is 617 g/mol. The molecule has 0 spiro atoms. The Kier molecular flexibility index (Phi) is 11.4. The van der Waals surface area contributed by atoms with Gasteiger partial charge in [0.25, 0.3) is 10.0 Å². The van der Waals surface area contributed by atoms with Crippen LogP contribution in [0.3, 0.4) is 0 Å². The maximum Gasteiger partial charge on any atom is 0.416 e. The molecule has 0 saturated carbocycles. The lowest BCUT2D eigenvalue weighted by Crippen LogP contribution is -2.53. The third-order valence-electron chi connectivity index (χ3n) is 6.90. The van der Waals surface area contributed by atoms with Crippen molar-refractivity contribution in [3.05, 3.63) is 95.6 Å². The van der Waals surface area contributed by atoms with Gasteiger partial charge in [-0.3, -0.25) is 13.9 Å². The number of hydrogen-bond donors (Lipinski definition) is 1. The average Bonchev–Trinajstić information content (AvgIpc) is 2.97. The normalized spacial score (nSPS) is 12.6. The van der Waals surface area contributed by atoms with Crippen molar-refractivity contribution < 1.29 is 31.2 Å². The molecule has 7 nitrogen and oxygen atoms in total. The highest BCUT2D eigenvalue weighted by atomic mass is 32.2. The number of hydrogen-bond acceptors (Lipinski definition) is 4. The molecule has 0 heterocycles. The van der Waals surface area contributed by atoms with Gasteiger partial charge in [0.15, 0.2) is 0 Å². The number of amides is 2. The van der Waals surface area contributed by atoms with Gasteiger partial charge in [0, 0.05) is 13.1 Å². The van der Waals surface area contributed by atoms with Crippen LogP contribution in [0.15, 0.2) is 83.8 Å². The van der Waals surface area contributed by atoms with Gasteiger partial charge in [-0.25, -0.2) is 8.42 Å². The molecule has 0 aliphatic heterocycles. The largest absolute Gasteiger partial charge is 0.416 e. The molecule has 3 rings (SSSR count). The zero-order valence-electron chi connectivity index (χ0n) is 24.8. The molecule has 11 heteroatoms. The van der Waals surface area contributed by atoms with Crippen molar-refractivity contribution in [3.8, 4) is 0 Å². The van der Waals surface area contributed by atoms with E-state index in [9.17, 15) is 31.2 Å². The SMILES string of the molecule is CC[C@H](C(=O)NCC(C)C)N(CCc1ccccc1)C(=O)CN(c1cccc(C(F)(F)F)c1)S(=O)(=O)c1ccc(C)cc1. The summed E-state index contributed by atoms with van der Waals surface area (Å²) in [4.78, 5) is 28.4. The Bertz CT molecular complexity index is 1480. The van der Waals surface area contributed by atoms with Gasteiger partial charge in [0.2, 0.25) is 11.8 Å². The van der Waals surface area contributed by atoms with E-state index >= 15 is 0 Å². The second kappa shape index (κ2) is 14.5. The van der Waals surface area contributed by atoms with E-state index in [1.165, 1.54) is 23.1 Å². The molecule has 0 aliphatic carbocycles. The van der Waals surface area contributed by atoms with Crippen molar-refractivity contribution in [2.45, 2.75) is 57.7 Å². The molecular weight excluding hydrogens is 579 g/mol. The van der Waals surface area contributed by atoms with Crippen LogP contribution in [0.5, 0.6) is 0 Å². The van der Waals surface area contributed by atoms with Crippen molar-refractivity contribution in [2.75, 3.05) is 23.9 Å². The Hall–Kier alpha value is -3.86. The van der Waals surface area contributed by atoms with Crippen LogP contribution < -0.4 is 9.62 Å². The summed E-state index contributed by atoms with van der Waals surface area (Å²) < 4.78 is 69.3. The number of alkyl halides is 3. The minimum Gasteiger partial charge on any atom is -0.354 e. The smallest absolute Gasteiger partial charge is 0.354 e. The summed E-state index contributed by atoms with van der Waals surface area (Å²) in [7, 11) is -4.49. The fourth-order valence-electron chi connectivity index (χ4n) is 4.52. The predicted molar refractivity (Wildman–Crippen MR) is 161 cm³/mol. The van der Waals surface area contributed by atoms with E-state index in [4.69, 9.17) is 0 Å². The van der Waals surface area contributed by atoms with Crippen LogP contribution in [0.25, 0.3) is 0 Å². The molecule has 0 saturated heterocycles. The summed E-state index contributed by atoms with van der Waals surface area (Å²) >= 11 is 0. The molecule has 0 fully saturated rings. The summed E-state index contributed by atoms with van der Waals surface area (Å²) in [6, 6.07) is 18.1. The number of aryl methyl sites for hydroxylation is 1. The van der Waals surface area contributed by atoms with Crippen LogP contribution in [-0.2, 0) is 32.2 Å². The molecule has 1 atom stereocenters. The molecule has 1 N–H and O–H groups in total. The first kappa shape index (κ1) is 33.6. The van der Waals surface area contributed by atoms with E-state index in [1.54, 1.807) is 26.0 Å². The van der Waals surface area contributed by atoms with Gasteiger partial charge >= 0.3 is 6.18 Å². The first-order valence-electron chi connectivity index (χ1n) is 14.1. The number of nitrogens with one attached hydrogen (secondary N) is 1. The van der Waals surface area contributed by atoms with Crippen LogP contribution in [-0.4, -0.2) is 50.8 Å². The standard InChI is InChI=1S/C32H38F3N3O4S/c1-5-29(31(40)36-21-23(2)3)37(19-18-25-10-7-6-8-11-25)30(39)22-38(27-13-9-12-26(20-27)32(33,34)35)43(41,42)28-16-14-24(4)15-17-28/h6-17,20,23,29H,5,18-19,21-22H2,1-4H3,(H,36,40)/t29-/m1/s1. The Morgan fingerprint density at radius 1 is 0.930 bits per heavy atom. The third-order valence-corrected chi connectivity index (χ3v) is 8.69. The van der Waals surface area contributed by atoms with Crippen LogP contribution >= 0.6 is 0 Å². The minimum absolute atomic E-state index is 0.0947. The summed E-state index contributed by atoms with van der Waals surface area (Å²) in [6.45, 7) is 7.05. The van der Waals surface area contributed by atoms with Gasteiger partial charge in [-0.1, -0.05) is 74.9 Å². The molecule has 3 aromatic carbocycles. The quantitative estimate of drug-likeness (QED) is 0.262. The summed E-state index contributed by atoms with van der Waals surface area (Å²) in [5.41, 5.74) is 0.316. The average molecular weight is 618 g/mol. The van der Waals surface area contributed by atoms with Gasteiger partial charge in [0.1, 0.15) is 12.6 Å². The van der Waals surface area contributed by atoms with Crippen LogP contribution in [0.2, 0.25) is 0 Å². The maximum absolute atomic E-state index is 14.0. The Labute approximate surface area is 251 Å². The van der Waals surface area contributed by atoms with Crippen molar-refractivity contribution in [2.24, 2.45) is 5.92 Å². The van der Waals surface area contributed by atoms with Gasteiger partial charge in [-0.05, 0) is 61.6 Å². The highest BCUT2D eigenvalue weighted by molar-refractivity contribution is 7.92. The third kappa shape index (κ3) is 9.06. The molecule has 0 aromatic heterocycles. The van der Waals surface area contributed by atoms with Gasteiger partial charge in [-0.2, -0.15) is 13.2 Å². The van der Waals surface area contributed by atoms with E-state index in [1.807, 2.05) is 44.2 Å². The second-order valence-electron chi connectivity index (χ2n) is 10.8. The molecule has 0 bridgehead atoms. The molecule has 43 heavy (non-hydrogen) atoms. The van der Waals surface area contributed by atoms with Crippen molar-refractivity contribution >= 4 is 27.5 Å². The van der Waals surface area contributed by atoms with Crippen LogP contribution in [0, 0.1) is 12.8 Å². The molecule has 0 unspecified atom stereocenters. The van der Waals surface area contributed by atoms with Gasteiger partial charge < -0.3 is 10.2 Å². The summed E-state index contributed by atoms with van der Waals surface area (Å²) in [6.07, 6.45) is -4.10. The number of sulfonamides is 1. The second-order valence-corrected chi connectivity index (χ2v) is 12.6. The molecule has 2 amide bonds. The number of carbonyl (C=O) groups excluding carboxylic acids is 2. The highest BCUT2D eigenvalue weighted by Crippen LogP contribution is 2.33. The highest BCUT2D eigenvalue weighted by Gasteiger charge is 2.35. The van der Waals surface area contributed by atoms with Crippen molar-refractivity contribution in [1.29, 1.82) is 0 Å². The van der Waals surface area contributed by atoms with E-state index < -0.39 is 40.3 Å². The predicted octanol–water partition coefficient (Wildman–Crippen LogP) is 5.83. The fraction of sp³-hybridized carbons (Fsp3) is 0.375. The number of halogens is 3. The number of nitrogens with zero attached hydrogens (tertiary/aromatic N) is 2. The number of rotatable bonds is 13. The first-order valence-corrected chi connectivity index (χ1v) is 15.6. The van der Waals surface area contributed by atoms with Crippen molar-refractivity contribution in [1.82, 2.24) is 10.2 Å². The number of anilines is 1. The molecule has 3 aromatic rings. The van der Waals surface area contributed by atoms with Crippen LogP contribution in [0.4, 0.5) is 18.9 Å². The van der Waals surface area contributed by atoms with Gasteiger partial charge in [0.05, 0.1) is 16.1 Å². The molecule has 0 radical (unpaired) electrons.